The smallest absolute Gasteiger partial charge is 0.360 e. The minimum Gasteiger partial charge on any atom is -0.461 e. The van der Waals surface area contributed by atoms with Crippen LogP contribution >= 0.6 is 11.3 Å². The number of ether oxygens (including phenoxy) is 1. The fourth-order valence-corrected chi connectivity index (χ4v) is 3.74. The van der Waals surface area contributed by atoms with Crippen molar-refractivity contribution in [2.24, 2.45) is 0 Å². The van der Waals surface area contributed by atoms with Gasteiger partial charge in [-0.05, 0) is 48.8 Å². The maximum Gasteiger partial charge on any atom is 0.360 e. The van der Waals surface area contributed by atoms with Crippen molar-refractivity contribution in [2.75, 3.05) is 6.61 Å². The summed E-state index contributed by atoms with van der Waals surface area (Å²) in [7, 11) is 0. The summed E-state index contributed by atoms with van der Waals surface area (Å²) in [4.78, 5) is 12.8. The molecule has 23 heavy (non-hydrogen) atoms. The van der Waals surface area contributed by atoms with Gasteiger partial charge >= 0.3 is 5.97 Å². The third-order valence-electron chi connectivity index (χ3n) is 3.98. The lowest BCUT2D eigenvalue weighted by molar-refractivity contribution is 0.0519. The van der Waals surface area contributed by atoms with E-state index in [9.17, 15) is 4.79 Å². The van der Waals surface area contributed by atoms with Crippen molar-refractivity contribution in [3.63, 3.8) is 0 Å². The van der Waals surface area contributed by atoms with Crippen LogP contribution in [0.3, 0.4) is 0 Å². The van der Waals surface area contributed by atoms with E-state index in [4.69, 9.17) is 4.74 Å². The predicted molar refractivity (Wildman–Crippen MR) is 88.9 cm³/mol. The highest BCUT2D eigenvalue weighted by Gasteiger charge is 2.23. The van der Waals surface area contributed by atoms with Crippen LogP contribution in [0.4, 0.5) is 0 Å². The first kappa shape index (κ1) is 14.4. The quantitative estimate of drug-likeness (QED) is 0.672. The highest BCUT2D eigenvalue weighted by Crippen LogP contribution is 2.41. The average Bonchev–Trinajstić information content (AvgIpc) is 3.15. The van der Waals surface area contributed by atoms with Crippen molar-refractivity contribution in [2.45, 2.75) is 32.2 Å². The molecule has 6 heteroatoms. The van der Waals surface area contributed by atoms with E-state index in [0.29, 0.717) is 13.2 Å². The van der Waals surface area contributed by atoms with Gasteiger partial charge in [-0.2, -0.15) is 0 Å². The molecule has 0 N–H and O–H groups in total. The van der Waals surface area contributed by atoms with Gasteiger partial charge in [-0.3, -0.25) is 0 Å². The third-order valence-corrected chi connectivity index (χ3v) is 5.08. The molecule has 3 aromatic rings. The Morgan fingerprint density at radius 2 is 2.26 bits per heavy atom. The zero-order chi connectivity index (χ0) is 15.8. The fourth-order valence-electron chi connectivity index (χ4n) is 2.70. The number of rotatable bonds is 5. The van der Waals surface area contributed by atoms with E-state index >= 15 is 0 Å². The molecule has 1 aliphatic rings. The molecule has 0 amide bonds. The zero-order valence-electron chi connectivity index (χ0n) is 12.9. The van der Waals surface area contributed by atoms with Gasteiger partial charge in [0.15, 0.2) is 5.69 Å². The Morgan fingerprint density at radius 1 is 1.39 bits per heavy atom. The number of nitrogens with zero attached hydrogens (tertiary/aromatic N) is 3. The molecule has 0 aliphatic heterocycles. The topological polar surface area (TPSA) is 57.0 Å². The van der Waals surface area contributed by atoms with Crippen LogP contribution in [0.25, 0.3) is 10.1 Å². The molecule has 5 nitrogen and oxygen atoms in total. The molecule has 118 valence electrons. The van der Waals surface area contributed by atoms with Crippen LogP contribution in [-0.4, -0.2) is 27.6 Å². The van der Waals surface area contributed by atoms with Crippen molar-refractivity contribution in [3.05, 3.63) is 46.6 Å². The Balaban J connectivity index is 1.54. The SMILES string of the molecule is CCOC(=O)c1cn(Cc2cc3cc(C4CC4)ccc3s2)nn1. The summed E-state index contributed by atoms with van der Waals surface area (Å²) in [6.45, 7) is 2.73. The maximum atomic E-state index is 11.6. The Labute approximate surface area is 137 Å². The van der Waals surface area contributed by atoms with Gasteiger partial charge in [0, 0.05) is 9.58 Å². The van der Waals surface area contributed by atoms with E-state index < -0.39 is 5.97 Å². The molecule has 1 fully saturated rings. The van der Waals surface area contributed by atoms with Gasteiger partial charge in [-0.1, -0.05) is 17.3 Å². The molecule has 0 atom stereocenters. The van der Waals surface area contributed by atoms with Crippen LogP contribution in [0.5, 0.6) is 0 Å². The van der Waals surface area contributed by atoms with Gasteiger partial charge in [0.2, 0.25) is 0 Å². The molecule has 2 heterocycles. The number of hydrogen-bond acceptors (Lipinski definition) is 5. The standard InChI is InChI=1S/C17H17N3O2S/c1-2-22-17(21)15-10-20(19-18-15)9-14-8-13-7-12(11-3-4-11)5-6-16(13)23-14/h5-8,10-11H,2-4,9H2,1H3. The van der Waals surface area contributed by atoms with Gasteiger partial charge in [0.1, 0.15) is 0 Å². The van der Waals surface area contributed by atoms with E-state index in [1.807, 2.05) is 0 Å². The zero-order valence-corrected chi connectivity index (χ0v) is 13.7. The van der Waals surface area contributed by atoms with Gasteiger partial charge in [-0.25, -0.2) is 9.48 Å². The number of carbonyl (C=O) groups is 1. The van der Waals surface area contributed by atoms with Crippen molar-refractivity contribution in [3.8, 4) is 0 Å². The highest BCUT2D eigenvalue weighted by atomic mass is 32.1. The van der Waals surface area contributed by atoms with E-state index in [0.717, 1.165) is 5.92 Å². The molecular formula is C17H17N3O2S. The molecule has 2 aromatic heterocycles. The molecule has 4 rings (SSSR count). The highest BCUT2D eigenvalue weighted by molar-refractivity contribution is 7.19. The van der Waals surface area contributed by atoms with Crippen molar-refractivity contribution >= 4 is 27.4 Å². The Bertz CT molecular complexity index is 864. The second-order valence-corrected chi connectivity index (χ2v) is 6.97. The second kappa shape index (κ2) is 5.77. The van der Waals surface area contributed by atoms with E-state index in [2.05, 4.69) is 34.6 Å². The summed E-state index contributed by atoms with van der Waals surface area (Å²) in [6.07, 6.45) is 4.27. The summed E-state index contributed by atoms with van der Waals surface area (Å²) in [5, 5.41) is 9.18. The number of aromatic nitrogens is 3. The second-order valence-electron chi connectivity index (χ2n) is 5.81. The average molecular weight is 327 g/mol. The molecule has 1 aliphatic carbocycles. The third kappa shape index (κ3) is 2.99. The van der Waals surface area contributed by atoms with Crippen molar-refractivity contribution in [1.29, 1.82) is 0 Å². The van der Waals surface area contributed by atoms with Crippen molar-refractivity contribution < 1.29 is 9.53 Å². The van der Waals surface area contributed by atoms with Gasteiger partial charge < -0.3 is 4.74 Å². The van der Waals surface area contributed by atoms with Gasteiger partial charge in [-0.15, -0.1) is 16.4 Å². The summed E-state index contributed by atoms with van der Waals surface area (Å²) >= 11 is 1.76. The van der Waals surface area contributed by atoms with Crippen molar-refractivity contribution in [1.82, 2.24) is 15.0 Å². The lowest BCUT2D eigenvalue weighted by Crippen LogP contribution is -2.04. The van der Waals surface area contributed by atoms with Crippen LogP contribution in [0.1, 0.15) is 46.6 Å². The normalized spacial score (nSPS) is 14.3. The van der Waals surface area contributed by atoms with Gasteiger partial charge in [0.05, 0.1) is 19.3 Å². The van der Waals surface area contributed by atoms with Crippen LogP contribution in [0.2, 0.25) is 0 Å². The summed E-state index contributed by atoms with van der Waals surface area (Å²) in [5.41, 5.74) is 1.70. The first-order valence-electron chi connectivity index (χ1n) is 7.82. The first-order valence-corrected chi connectivity index (χ1v) is 8.64. The number of fused-ring (bicyclic) bond motifs is 1. The summed E-state index contributed by atoms with van der Waals surface area (Å²) in [5.74, 6) is 0.342. The van der Waals surface area contributed by atoms with Crippen LogP contribution in [-0.2, 0) is 11.3 Å². The summed E-state index contributed by atoms with van der Waals surface area (Å²) < 4.78 is 7.90. The predicted octanol–water partition coefficient (Wildman–Crippen LogP) is 3.60. The Hall–Kier alpha value is -2.21. The molecule has 0 saturated heterocycles. The number of esters is 1. The molecular weight excluding hydrogens is 310 g/mol. The molecule has 0 spiro atoms. The number of benzene rings is 1. The fraction of sp³-hybridized carbons (Fsp3) is 0.353. The molecule has 0 bridgehead atoms. The lowest BCUT2D eigenvalue weighted by atomic mass is 10.1. The molecule has 0 radical (unpaired) electrons. The van der Waals surface area contributed by atoms with E-state index in [1.54, 1.807) is 29.1 Å². The van der Waals surface area contributed by atoms with Gasteiger partial charge in [0.25, 0.3) is 0 Å². The van der Waals surface area contributed by atoms with E-state index in [-0.39, 0.29) is 5.69 Å². The number of thiophene rings is 1. The number of hydrogen-bond donors (Lipinski definition) is 0. The minimum atomic E-state index is -0.427. The van der Waals surface area contributed by atoms with Crippen LogP contribution in [0.15, 0.2) is 30.5 Å². The van der Waals surface area contributed by atoms with E-state index in [1.165, 1.54) is 33.4 Å². The molecule has 1 aromatic carbocycles. The lowest BCUT2D eigenvalue weighted by Gasteiger charge is -1.96. The van der Waals surface area contributed by atoms with Crippen LogP contribution in [0, 0.1) is 0 Å². The van der Waals surface area contributed by atoms with Crippen LogP contribution < -0.4 is 0 Å². The Morgan fingerprint density at radius 3 is 3.04 bits per heavy atom. The molecule has 1 saturated carbocycles. The summed E-state index contributed by atoms with van der Waals surface area (Å²) in [6, 6.07) is 8.97. The largest absolute Gasteiger partial charge is 0.461 e. The minimum absolute atomic E-state index is 0.254. The first-order chi connectivity index (χ1) is 11.2. The molecule has 0 unspecified atom stereocenters. The number of carbonyl (C=O) groups excluding carboxylic acids is 1. The Kier molecular flexibility index (Phi) is 3.61. The monoisotopic (exact) mass is 327 g/mol. The maximum absolute atomic E-state index is 11.6.